The second-order valence-corrected chi connectivity index (χ2v) is 6.41. The van der Waals surface area contributed by atoms with Gasteiger partial charge >= 0.3 is 0 Å². The molecule has 0 unspecified atom stereocenters. The molecule has 0 saturated heterocycles. The van der Waals surface area contributed by atoms with Crippen molar-refractivity contribution in [3.05, 3.63) is 46.3 Å². The summed E-state index contributed by atoms with van der Waals surface area (Å²) in [6, 6.07) is 2.04. The van der Waals surface area contributed by atoms with Crippen LogP contribution in [0.1, 0.15) is 24.0 Å². The molecule has 4 heterocycles. The van der Waals surface area contributed by atoms with Gasteiger partial charge in [0.2, 0.25) is 0 Å². The predicted octanol–water partition coefficient (Wildman–Crippen LogP) is 2.27. The highest BCUT2D eigenvalue weighted by molar-refractivity contribution is 7.22. The van der Waals surface area contributed by atoms with Crippen molar-refractivity contribution < 1.29 is 0 Å². The molecular formula is C15H15N5OS. The number of hydrogen-bond donors (Lipinski definition) is 3. The highest BCUT2D eigenvalue weighted by Gasteiger charge is 2.18. The normalized spacial score (nSPS) is 18.1. The third-order valence-corrected chi connectivity index (χ3v) is 5.00. The number of aryl methyl sites for hydroxylation is 1. The Bertz CT molecular complexity index is 920. The molecule has 0 aromatic carbocycles. The molecule has 0 fully saturated rings. The van der Waals surface area contributed by atoms with Crippen LogP contribution in [0.3, 0.4) is 0 Å². The Morgan fingerprint density at radius 3 is 3.00 bits per heavy atom. The van der Waals surface area contributed by atoms with Crippen LogP contribution in [0.5, 0.6) is 0 Å². The number of H-pyrrole nitrogens is 2. The van der Waals surface area contributed by atoms with Crippen LogP contribution in [0.15, 0.2) is 29.2 Å². The molecule has 4 rings (SSSR count). The summed E-state index contributed by atoms with van der Waals surface area (Å²) in [4.78, 5) is 20.9. The summed E-state index contributed by atoms with van der Waals surface area (Å²) in [5, 5.41) is 10.3. The van der Waals surface area contributed by atoms with Crippen LogP contribution >= 0.6 is 11.3 Å². The van der Waals surface area contributed by atoms with Gasteiger partial charge in [0.05, 0.1) is 17.8 Å². The first-order valence-electron chi connectivity index (χ1n) is 7.15. The van der Waals surface area contributed by atoms with Gasteiger partial charge in [0.15, 0.2) is 0 Å². The fourth-order valence-electron chi connectivity index (χ4n) is 2.67. The molecule has 112 valence electrons. The van der Waals surface area contributed by atoms with E-state index in [-0.39, 0.29) is 11.6 Å². The van der Waals surface area contributed by atoms with Crippen LogP contribution in [0, 0.1) is 6.92 Å². The number of thiophene rings is 1. The maximum atomic E-state index is 12.4. The van der Waals surface area contributed by atoms with Crippen LogP contribution < -0.4 is 10.9 Å². The first-order valence-corrected chi connectivity index (χ1v) is 7.96. The number of aromatic nitrogens is 4. The second kappa shape index (κ2) is 5.19. The standard InChI is InChI=1S/C15H15N5OS/c1-8-9(7-17-20-8)12-6-11-13(22-12)15(21)19-14(18-11)10-4-2-3-5-16-10/h2-3,6-7,10,16H,4-5H2,1H3,(H,17,20)(H,18,19,21)/t10-/m1/s1. The van der Waals surface area contributed by atoms with Gasteiger partial charge in [-0.1, -0.05) is 12.2 Å². The predicted molar refractivity (Wildman–Crippen MR) is 87.1 cm³/mol. The van der Waals surface area contributed by atoms with Gasteiger partial charge in [0.1, 0.15) is 10.5 Å². The molecule has 22 heavy (non-hydrogen) atoms. The molecule has 0 amide bonds. The number of hydrogen-bond acceptors (Lipinski definition) is 5. The van der Waals surface area contributed by atoms with Gasteiger partial charge in [-0.2, -0.15) is 5.10 Å². The molecule has 3 aromatic heterocycles. The topological polar surface area (TPSA) is 86.5 Å². The zero-order valence-electron chi connectivity index (χ0n) is 12.0. The summed E-state index contributed by atoms with van der Waals surface area (Å²) in [5.41, 5.74) is 2.68. The molecule has 7 heteroatoms. The van der Waals surface area contributed by atoms with E-state index in [0.29, 0.717) is 10.5 Å². The van der Waals surface area contributed by atoms with Gasteiger partial charge in [-0.15, -0.1) is 11.3 Å². The minimum atomic E-state index is -0.0752. The third kappa shape index (κ3) is 2.18. The fraction of sp³-hybridized carbons (Fsp3) is 0.267. The number of nitrogens with zero attached hydrogens (tertiary/aromatic N) is 2. The van der Waals surface area contributed by atoms with E-state index in [0.717, 1.165) is 34.6 Å². The molecular weight excluding hydrogens is 298 g/mol. The lowest BCUT2D eigenvalue weighted by atomic mass is 10.1. The lowest BCUT2D eigenvalue weighted by Crippen LogP contribution is -2.27. The Balaban J connectivity index is 1.83. The highest BCUT2D eigenvalue weighted by Crippen LogP contribution is 2.32. The van der Waals surface area contributed by atoms with E-state index in [1.165, 1.54) is 11.3 Å². The van der Waals surface area contributed by atoms with Gasteiger partial charge in [-0.05, 0) is 19.4 Å². The Kier molecular flexibility index (Phi) is 3.16. The summed E-state index contributed by atoms with van der Waals surface area (Å²) in [5.74, 6) is 0.704. The highest BCUT2D eigenvalue weighted by atomic mass is 32.1. The maximum Gasteiger partial charge on any atom is 0.268 e. The van der Waals surface area contributed by atoms with Gasteiger partial charge in [-0.3, -0.25) is 9.89 Å². The Morgan fingerprint density at radius 1 is 1.36 bits per heavy atom. The van der Waals surface area contributed by atoms with Crippen LogP contribution in [-0.2, 0) is 0 Å². The zero-order valence-corrected chi connectivity index (χ0v) is 12.8. The van der Waals surface area contributed by atoms with Gasteiger partial charge in [-0.25, -0.2) is 4.98 Å². The second-order valence-electron chi connectivity index (χ2n) is 5.35. The average Bonchev–Trinajstić information content (AvgIpc) is 3.14. The van der Waals surface area contributed by atoms with Crippen molar-refractivity contribution in [3.63, 3.8) is 0 Å². The third-order valence-electron chi connectivity index (χ3n) is 3.85. The number of nitrogens with one attached hydrogen (secondary N) is 3. The molecule has 0 aliphatic carbocycles. The van der Waals surface area contributed by atoms with E-state index < -0.39 is 0 Å². The van der Waals surface area contributed by atoms with Gasteiger partial charge < -0.3 is 10.3 Å². The molecule has 0 saturated carbocycles. The van der Waals surface area contributed by atoms with Crippen LogP contribution in [0.4, 0.5) is 0 Å². The Labute approximate surface area is 130 Å². The molecule has 0 spiro atoms. The van der Waals surface area contributed by atoms with E-state index in [9.17, 15) is 4.79 Å². The van der Waals surface area contributed by atoms with Crippen molar-refractivity contribution in [1.82, 2.24) is 25.5 Å². The van der Waals surface area contributed by atoms with E-state index in [1.54, 1.807) is 6.20 Å². The van der Waals surface area contributed by atoms with Gasteiger partial charge in [0, 0.05) is 22.7 Å². The lowest BCUT2D eigenvalue weighted by Gasteiger charge is -2.18. The smallest absolute Gasteiger partial charge is 0.268 e. The molecule has 1 atom stereocenters. The quantitative estimate of drug-likeness (QED) is 0.634. The van der Waals surface area contributed by atoms with Crippen molar-refractivity contribution >= 4 is 21.6 Å². The first-order chi connectivity index (χ1) is 10.7. The molecule has 1 aliphatic rings. The molecule has 3 aromatic rings. The Morgan fingerprint density at radius 2 is 2.27 bits per heavy atom. The molecule has 3 N–H and O–H groups in total. The van der Waals surface area contributed by atoms with E-state index in [1.807, 2.05) is 13.0 Å². The largest absolute Gasteiger partial charge is 0.308 e. The Hall–Kier alpha value is -2.25. The van der Waals surface area contributed by atoms with Gasteiger partial charge in [0.25, 0.3) is 5.56 Å². The molecule has 0 radical (unpaired) electrons. The summed E-state index contributed by atoms with van der Waals surface area (Å²) >= 11 is 1.45. The van der Waals surface area contributed by atoms with Crippen molar-refractivity contribution in [2.75, 3.05) is 6.54 Å². The maximum absolute atomic E-state index is 12.4. The fourth-order valence-corrected chi connectivity index (χ4v) is 3.73. The van der Waals surface area contributed by atoms with E-state index >= 15 is 0 Å². The van der Waals surface area contributed by atoms with Crippen molar-refractivity contribution in [2.24, 2.45) is 0 Å². The van der Waals surface area contributed by atoms with Crippen molar-refractivity contribution in [3.8, 4) is 10.4 Å². The summed E-state index contributed by atoms with van der Waals surface area (Å²) in [6.07, 6.45) is 6.81. The van der Waals surface area contributed by atoms with E-state index in [2.05, 4.69) is 37.6 Å². The monoisotopic (exact) mass is 313 g/mol. The van der Waals surface area contributed by atoms with Crippen molar-refractivity contribution in [2.45, 2.75) is 19.4 Å². The van der Waals surface area contributed by atoms with E-state index in [4.69, 9.17) is 0 Å². The number of fused-ring (bicyclic) bond motifs is 1. The minimum Gasteiger partial charge on any atom is -0.308 e. The molecule has 1 aliphatic heterocycles. The average molecular weight is 313 g/mol. The number of rotatable bonds is 2. The lowest BCUT2D eigenvalue weighted by molar-refractivity contribution is 0.526. The zero-order chi connectivity index (χ0) is 15.1. The van der Waals surface area contributed by atoms with Crippen molar-refractivity contribution in [1.29, 1.82) is 0 Å². The van der Waals surface area contributed by atoms with Crippen LogP contribution in [0.2, 0.25) is 0 Å². The van der Waals surface area contributed by atoms with Crippen LogP contribution in [-0.4, -0.2) is 26.7 Å². The first kappa shape index (κ1) is 13.4. The molecule has 6 nitrogen and oxygen atoms in total. The minimum absolute atomic E-state index is 0.0705. The molecule has 0 bridgehead atoms. The summed E-state index contributed by atoms with van der Waals surface area (Å²) < 4.78 is 0.658. The summed E-state index contributed by atoms with van der Waals surface area (Å²) in [6.45, 7) is 2.77. The number of aromatic amines is 2. The SMILES string of the molecule is Cc1[nH]ncc1-c1cc2nc([C@H]3CC=CCN3)[nH]c(=O)c2s1. The van der Waals surface area contributed by atoms with Crippen LogP contribution in [0.25, 0.3) is 20.7 Å². The summed E-state index contributed by atoms with van der Waals surface area (Å²) in [7, 11) is 0.